The van der Waals surface area contributed by atoms with Crippen molar-refractivity contribution in [1.82, 2.24) is 9.97 Å². The van der Waals surface area contributed by atoms with Crippen molar-refractivity contribution in [3.8, 4) is 17.5 Å². The molecule has 7 nitrogen and oxygen atoms in total. The van der Waals surface area contributed by atoms with Crippen molar-refractivity contribution in [1.29, 1.82) is 0 Å². The number of aromatic nitrogens is 2. The van der Waals surface area contributed by atoms with Gasteiger partial charge in [0.1, 0.15) is 6.54 Å². The van der Waals surface area contributed by atoms with Crippen LogP contribution in [0.4, 0.5) is 5.69 Å². The normalized spacial score (nSPS) is 10.7. The van der Waals surface area contributed by atoms with Gasteiger partial charge in [-0.25, -0.2) is 0 Å². The van der Waals surface area contributed by atoms with Crippen molar-refractivity contribution < 1.29 is 19.4 Å². The van der Waals surface area contributed by atoms with Gasteiger partial charge in [-0.1, -0.05) is 37.0 Å². The summed E-state index contributed by atoms with van der Waals surface area (Å²) in [4.78, 5) is 19.5. The molecule has 1 aromatic carbocycles. The summed E-state index contributed by atoms with van der Waals surface area (Å²) in [6, 6.07) is 3.14. The van der Waals surface area contributed by atoms with Crippen LogP contribution in [-0.2, 0) is 9.53 Å². The summed E-state index contributed by atoms with van der Waals surface area (Å²) in [5.41, 5.74) is 0.991. The van der Waals surface area contributed by atoms with E-state index in [1.165, 1.54) is 6.20 Å². The number of ether oxygens (including phenoxy) is 2. The van der Waals surface area contributed by atoms with E-state index in [0.717, 1.165) is 0 Å². The molecule has 9 heteroatoms. The Morgan fingerprint density at radius 2 is 1.96 bits per heavy atom. The highest BCUT2D eigenvalue weighted by Gasteiger charge is 2.16. The number of halogens is 2. The molecule has 0 spiro atoms. The molecule has 0 bridgehead atoms. The van der Waals surface area contributed by atoms with Gasteiger partial charge in [0.25, 0.3) is 0 Å². The zero-order chi connectivity index (χ0) is 19.3. The molecule has 0 aliphatic heterocycles. The summed E-state index contributed by atoms with van der Waals surface area (Å²) in [6.07, 6.45) is 1.26. The van der Waals surface area contributed by atoms with E-state index in [1.54, 1.807) is 19.1 Å². The van der Waals surface area contributed by atoms with Crippen molar-refractivity contribution in [2.45, 2.75) is 26.7 Å². The highest BCUT2D eigenvalue weighted by atomic mass is 35.5. The van der Waals surface area contributed by atoms with Gasteiger partial charge in [0.2, 0.25) is 0 Å². The summed E-state index contributed by atoms with van der Waals surface area (Å²) in [7, 11) is 0. The zero-order valence-corrected chi connectivity index (χ0v) is 16.1. The predicted octanol–water partition coefficient (Wildman–Crippen LogP) is 4.38. The molecule has 2 rings (SSSR count). The fourth-order valence-corrected chi connectivity index (χ4v) is 2.65. The Kier molecular flexibility index (Phi) is 6.88. The largest absolute Gasteiger partial charge is 0.504 e. The average molecular weight is 400 g/mol. The van der Waals surface area contributed by atoms with Crippen molar-refractivity contribution in [2.24, 2.45) is 0 Å². The molecule has 26 heavy (non-hydrogen) atoms. The van der Waals surface area contributed by atoms with E-state index in [0.29, 0.717) is 18.0 Å². The van der Waals surface area contributed by atoms with Crippen LogP contribution in [0.5, 0.6) is 17.5 Å². The van der Waals surface area contributed by atoms with E-state index in [1.807, 2.05) is 13.8 Å². The lowest BCUT2D eigenvalue weighted by atomic mass is 10.1. The van der Waals surface area contributed by atoms with E-state index in [9.17, 15) is 9.90 Å². The Morgan fingerprint density at radius 1 is 1.31 bits per heavy atom. The van der Waals surface area contributed by atoms with E-state index < -0.39 is 5.97 Å². The second kappa shape index (κ2) is 8.91. The number of benzene rings is 1. The number of carbonyl (C=O) groups excluding carboxylic acids is 1. The predicted molar refractivity (Wildman–Crippen MR) is 99.4 cm³/mol. The molecule has 0 fully saturated rings. The van der Waals surface area contributed by atoms with Crippen molar-refractivity contribution in [2.75, 3.05) is 18.5 Å². The van der Waals surface area contributed by atoms with Crippen molar-refractivity contribution >= 4 is 34.9 Å². The minimum absolute atomic E-state index is 0.0111. The number of hydrogen-bond donors (Lipinski definition) is 2. The molecular weight excluding hydrogens is 381 g/mol. The fraction of sp³-hybridized carbons (Fsp3) is 0.353. The first-order valence-electron chi connectivity index (χ1n) is 7.94. The van der Waals surface area contributed by atoms with Gasteiger partial charge >= 0.3 is 12.0 Å². The number of carbonyl (C=O) groups is 1. The molecule has 0 unspecified atom stereocenters. The molecule has 1 heterocycles. The van der Waals surface area contributed by atoms with Crippen molar-refractivity contribution in [3.05, 3.63) is 34.1 Å². The second-order valence-electron chi connectivity index (χ2n) is 5.61. The lowest BCUT2D eigenvalue weighted by Crippen LogP contribution is -2.16. The maximum Gasteiger partial charge on any atom is 0.325 e. The van der Waals surface area contributed by atoms with E-state index in [2.05, 4.69) is 15.3 Å². The molecule has 1 aromatic heterocycles. The first-order chi connectivity index (χ1) is 12.3. The smallest absolute Gasteiger partial charge is 0.325 e. The Morgan fingerprint density at radius 3 is 2.54 bits per heavy atom. The Bertz CT molecular complexity index is 777. The number of esters is 1. The molecular formula is C17H19Cl2N3O4. The quantitative estimate of drug-likeness (QED) is 0.666. The number of aromatic hydroxyl groups is 1. The Hall–Kier alpha value is -2.25. The van der Waals surface area contributed by atoms with Crippen LogP contribution in [0.3, 0.4) is 0 Å². The minimum Gasteiger partial charge on any atom is -0.504 e. The molecule has 2 N–H and O–H groups in total. The molecule has 0 saturated carbocycles. The summed E-state index contributed by atoms with van der Waals surface area (Å²) in [5.74, 6) is -0.238. The van der Waals surface area contributed by atoms with Crippen LogP contribution in [0, 0.1) is 0 Å². The van der Waals surface area contributed by atoms with Gasteiger partial charge in [0, 0.05) is 5.69 Å². The maximum atomic E-state index is 11.4. The molecule has 0 aliphatic carbocycles. The third kappa shape index (κ3) is 5.12. The van der Waals surface area contributed by atoms with Crippen molar-refractivity contribution in [3.63, 3.8) is 0 Å². The van der Waals surface area contributed by atoms with Gasteiger partial charge in [0.15, 0.2) is 11.5 Å². The highest BCUT2D eigenvalue weighted by Crippen LogP contribution is 2.38. The van der Waals surface area contributed by atoms with Gasteiger partial charge in [0.05, 0.1) is 28.5 Å². The molecule has 0 radical (unpaired) electrons. The van der Waals surface area contributed by atoms with Gasteiger partial charge in [-0.3, -0.25) is 4.79 Å². The van der Waals surface area contributed by atoms with E-state index in [-0.39, 0.29) is 40.0 Å². The monoisotopic (exact) mass is 399 g/mol. The topological polar surface area (TPSA) is 93.6 Å². The van der Waals surface area contributed by atoms with E-state index in [4.69, 9.17) is 32.7 Å². The summed E-state index contributed by atoms with van der Waals surface area (Å²) in [6.45, 7) is 5.79. The van der Waals surface area contributed by atoms with Crippen LogP contribution in [0.2, 0.25) is 10.0 Å². The number of rotatable bonds is 7. The first-order valence-corrected chi connectivity index (χ1v) is 8.69. The molecule has 0 aliphatic rings. The molecule has 2 aromatic rings. The lowest BCUT2D eigenvalue weighted by molar-refractivity contribution is -0.140. The number of anilines is 1. The highest BCUT2D eigenvalue weighted by molar-refractivity contribution is 6.37. The number of hydrogen-bond acceptors (Lipinski definition) is 7. The summed E-state index contributed by atoms with van der Waals surface area (Å²) < 4.78 is 10.4. The van der Waals surface area contributed by atoms with Crippen LogP contribution in [0.1, 0.15) is 32.4 Å². The first kappa shape index (κ1) is 20.1. The molecule has 0 amide bonds. The standard InChI is InChI=1S/C17H19Cl2N3O4/c1-4-25-14(24)8-20-10-5-11(18)16(12(19)6-10)26-17-21-7-13(23)15(22-17)9(2)3/h5-7,9,20,23H,4,8H2,1-3H3. The average Bonchev–Trinajstić information content (AvgIpc) is 2.57. The Balaban J connectivity index is 2.18. The minimum atomic E-state index is -0.390. The second-order valence-corrected chi connectivity index (χ2v) is 6.42. The van der Waals surface area contributed by atoms with E-state index >= 15 is 0 Å². The number of nitrogens with one attached hydrogen (secondary N) is 1. The summed E-state index contributed by atoms with van der Waals surface area (Å²) in [5, 5.41) is 13.1. The third-order valence-corrected chi connectivity index (χ3v) is 3.82. The van der Waals surface area contributed by atoms with Crippen LogP contribution in [-0.4, -0.2) is 34.2 Å². The van der Waals surface area contributed by atoms with Gasteiger partial charge in [-0.2, -0.15) is 9.97 Å². The zero-order valence-electron chi connectivity index (χ0n) is 14.5. The van der Waals surface area contributed by atoms with Crippen LogP contribution in [0.15, 0.2) is 18.3 Å². The van der Waals surface area contributed by atoms with Gasteiger partial charge in [-0.15, -0.1) is 0 Å². The number of nitrogens with zero attached hydrogens (tertiary/aromatic N) is 2. The maximum absolute atomic E-state index is 11.4. The fourth-order valence-electron chi connectivity index (χ4n) is 2.08. The van der Waals surface area contributed by atoms with Gasteiger partial charge < -0.3 is 19.9 Å². The summed E-state index contributed by atoms with van der Waals surface area (Å²) >= 11 is 12.4. The van der Waals surface area contributed by atoms with Crippen LogP contribution in [0.25, 0.3) is 0 Å². The van der Waals surface area contributed by atoms with Crippen LogP contribution < -0.4 is 10.1 Å². The lowest BCUT2D eigenvalue weighted by Gasteiger charge is -2.13. The van der Waals surface area contributed by atoms with Crippen LogP contribution >= 0.6 is 23.2 Å². The molecule has 0 saturated heterocycles. The SMILES string of the molecule is CCOC(=O)CNc1cc(Cl)c(Oc2ncc(O)c(C(C)C)n2)c(Cl)c1. The third-order valence-electron chi connectivity index (χ3n) is 3.26. The molecule has 0 atom stereocenters. The molecule has 140 valence electrons. The Labute approximate surface area is 161 Å². The van der Waals surface area contributed by atoms with Gasteiger partial charge in [-0.05, 0) is 25.0 Å².